The van der Waals surface area contributed by atoms with Gasteiger partial charge in [0.15, 0.2) is 0 Å². The van der Waals surface area contributed by atoms with Gasteiger partial charge in [0.1, 0.15) is 5.60 Å². The quantitative estimate of drug-likeness (QED) is 0.900. The van der Waals surface area contributed by atoms with Crippen LogP contribution in [0.4, 0.5) is 5.69 Å². The molecule has 2 aliphatic rings. The number of anilines is 1. The minimum absolute atomic E-state index is 0.0142. The lowest BCUT2D eigenvalue weighted by Crippen LogP contribution is -2.40. The smallest absolute Gasteiger partial charge is 0.256 e. The predicted molar refractivity (Wildman–Crippen MR) is 88.2 cm³/mol. The van der Waals surface area contributed by atoms with Crippen LogP contribution in [-0.4, -0.2) is 40.5 Å². The molecule has 0 unspecified atom stereocenters. The van der Waals surface area contributed by atoms with Crippen molar-refractivity contribution in [3.8, 4) is 0 Å². The number of rotatable bonds is 3. The van der Waals surface area contributed by atoms with Gasteiger partial charge >= 0.3 is 0 Å². The molecule has 1 aliphatic heterocycles. The molecule has 1 heterocycles. The number of carbonyl (C=O) groups is 2. The summed E-state index contributed by atoms with van der Waals surface area (Å²) in [4.78, 5) is 26.7. The molecule has 5 nitrogen and oxygen atoms in total. The highest BCUT2D eigenvalue weighted by molar-refractivity contribution is 5.99. The van der Waals surface area contributed by atoms with Gasteiger partial charge in [-0.3, -0.25) is 9.59 Å². The molecule has 0 radical (unpaired) electrons. The normalized spacial score (nSPS) is 20.3. The molecule has 1 aromatic carbocycles. The van der Waals surface area contributed by atoms with Crippen molar-refractivity contribution in [3.05, 3.63) is 29.8 Å². The number of aliphatic hydroxyl groups is 1. The third kappa shape index (κ3) is 3.55. The molecule has 2 amide bonds. The molecular formula is C18H24N2O3. The van der Waals surface area contributed by atoms with Crippen molar-refractivity contribution in [2.24, 2.45) is 0 Å². The Kier molecular flexibility index (Phi) is 4.66. The second kappa shape index (κ2) is 6.71. The minimum atomic E-state index is -1.26. The highest BCUT2D eigenvalue weighted by atomic mass is 16.3. The van der Waals surface area contributed by atoms with Crippen LogP contribution in [0, 0.1) is 0 Å². The Morgan fingerprint density at radius 2 is 1.74 bits per heavy atom. The summed E-state index contributed by atoms with van der Waals surface area (Å²) in [6, 6.07) is 7.00. The Labute approximate surface area is 136 Å². The number of nitrogens with zero attached hydrogens (tertiary/aromatic N) is 1. The van der Waals surface area contributed by atoms with Crippen LogP contribution >= 0.6 is 0 Å². The molecule has 2 N–H and O–H groups in total. The molecule has 0 aromatic heterocycles. The van der Waals surface area contributed by atoms with Crippen LogP contribution < -0.4 is 5.32 Å². The van der Waals surface area contributed by atoms with E-state index in [0.29, 0.717) is 24.1 Å². The number of hydrogen-bond donors (Lipinski definition) is 2. The fourth-order valence-electron chi connectivity index (χ4n) is 3.44. The van der Waals surface area contributed by atoms with E-state index in [1.807, 2.05) is 4.90 Å². The maximum atomic E-state index is 12.5. The summed E-state index contributed by atoms with van der Waals surface area (Å²) in [6.45, 7) is 1.60. The highest BCUT2D eigenvalue weighted by Crippen LogP contribution is 2.30. The van der Waals surface area contributed by atoms with Crippen LogP contribution in [0.1, 0.15) is 55.3 Å². The molecule has 0 atom stereocenters. The first-order chi connectivity index (χ1) is 11.1. The van der Waals surface area contributed by atoms with Gasteiger partial charge < -0.3 is 15.3 Å². The Bertz CT molecular complexity index is 588. The first-order valence-corrected chi connectivity index (χ1v) is 8.52. The minimum Gasteiger partial charge on any atom is -0.380 e. The van der Waals surface area contributed by atoms with Crippen LogP contribution in [0.3, 0.4) is 0 Å². The summed E-state index contributed by atoms with van der Waals surface area (Å²) in [5.41, 5.74) is -0.103. The Hall–Kier alpha value is -1.88. The third-order valence-electron chi connectivity index (χ3n) is 4.86. The molecule has 1 saturated carbocycles. The van der Waals surface area contributed by atoms with E-state index in [1.54, 1.807) is 24.3 Å². The lowest BCUT2D eigenvalue weighted by molar-refractivity contribution is -0.133. The second-order valence-corrected chi connectivity index (χ2v) is 6.63. The van der Waals surface area contributed by atoms with E-state index in [-0.39, 0.29) is 11.8 Å². The van der Waals surface area contributed by atoms with Crippen molar-refractivity contribution in [3.63, 3.8) is 0 Å². The number of amides is 2. The topological polar surface area (TPSA) is 69.6 Å². The standard InChI is InChI=1S/C18H24N2O3/c21-16(20-11-4-1-5-12-20)14-7-6-8-15(13-14)19-17(22)18(23)9-2-3-10-18/h6-8,13,23H,1-5,9-12H2,(H,19,22). The van der Waals surface area contributed by atoms with E-state index in [2.05, 4.69) is 5.32 Å². The van der Waals surface area contributed by atoms with E-state index in [1.165, 1.54) is 6.42 Å². The van der Waals surface area contributed by atoms with Crippen molar-refractivity contribution in [2.45, 2.75) is 50.5 Å². The zero-order valence-corrected chi connectivity index (χ0v) is 13.4. The molecule has 1 aliphatic carbocycles. The first kappa shape index (κ1) is 16.0. The molecule has 1 aromatic rings. The van der Waals surface area contributed by atoms with Crippen molar-refractivity contribution < 1.29 is 14.7 Å². The van der Waals surface area contributed by atoms with E-state index in [9.17, 15) is 14.7 Å². The van der Waals surface area contributed by atoms with Crippen LogP contribution in [0.25, 0.3) is 0 Å². The molecular weight excluding hydrogens is 292 g/mol. The number of benzene rings is 1. The maximum absolute atomic E-state index is 12.5. The molecule has 2 fully saturated rings. The van der Waals surface area contributed by atoms with Gasteiger partial charge in [0.05, 0.1) is 0 Å². The SMILES string of the molecule is O=C(c1cccc(NC(=O)C2(O)CCCC2)c1)N1CCCCC1. The number of carbonyl (C=O) groups excluding carboxylic acids is 2. The monoisotopic (exact) mass is 316 g/mol. The molecule has 124 valence electrons. The van der Waals surface area contributed by atoms with E-state index >= 15 is 0 Å². The van der Waals surface area contributed by atoms with Crippen LogP contribution in [0.15, 0.2) is 24.3 Å². The summed E-state index contributed by atoms with van der Waals surface area (Å²) in [5.74, 6) is -0.349. The highest BCUT2D eigenvalue weighted by Gasteiger charge is 2.38. The lowest BCUT2D eigenvalue weighted by Gasteiger charge is -2.27. The number of piperidine rings is 1. The first-order valence-electron chi connectivity index (χ1n) is 8.52. The van der Waals surface area contributed by atoms with E-state index in [4.69, 9.17) is 0 Å². The van der Waals surface area contributed by atoms with Crippen LogP contribution in [0.2, 0.25) is 0 Å². The third-order valence-corrected chi connectivity index (χ3v) is 4.86. The van der Waals surface area contributed by atoms with E-state index < -0.39 is 5.60 Å². The molecule has 23 heavy (non-hydrogen) atoms. The summed E-state index contributed by atoms with van der Waals surface area (Å²) >= 11 is 0. The summed E-state index contributed by atoms with van der Waals surface area (Å²) < 4.78 is 0. The Morgan fingerprint density at radius 1 is 1.04 bits per heavy atom. The van der Waals surface area contributed by atoms with Gasteiger partial charge in [0, 0.05) is 24.3 Å². The van der Waals surface area contributed by atoms with Gasteiger partial charge in [-0.05, 0) is 63.1 Å². The summed E-state index contributed by atoms with van der Waals surface area (Å²) in [6.07, 6.45) is 6.04. The zero-order valence-electron chi connectivity index (χ0n) is 13.4. The maximum Gasteiger partial charge on any atom is 0.256 e. The Morgan fingerprint density at radius 3 is 2.43 bits per heavy atom. The average molecular weight is 316 g/mol. The molecule has 0 bridgehead atoms. The predicted octanol–water partition coefficient (Wildman–Crippen LogP) is 2.56. The lowest BCUT2D eigenvalue weighted by atomic mass is 10.0. The number of likely N-dealkylation sites (tertiary alicyclic amines) is 1. The van der Waals surface area contributed by atoms with Gasteiger partial charge in [-0.15, -0.1) is 0 Å². The molecule has 5 heteroatoms. The fraction of sp³-hybridized carbons (Fsp3) is 0.556. The number of hydrogen-bond acceptors (Lipinski definition) is 3. The number of nitrogens with one attached hydrogen (secondary N) is 1. The van der Waals surface area contributed by atoms with Gasteiger partial charge in [-0.25, -0.2) is 0 Å². The largest absolute Gasteiger partial charge is 0.380 e. The van der Waals surface area contributed by atoms with E-state index in [0.717, 1.165) is 38.8 Å². The molecule has 1 saturated heterocycles. The molecule has 3 rings (SSSR count). The molecule has 0 spiro atoms. The average Bonchev–Trinajstić information content (AvgIpc) is 3.03. The zero-order chi connectivity index (χ0) is 16.3. The van der Waals surface area contributed by atoms with Crippen LogP contribution in [0.5, 0.6) is 0 Å². The van der Waals surface area contributed by atoms with Crippen molar-refractivity contribution >= 4 is 17.5 Å². The Balaban J connectivity index is 1.69. The fourth-order valence-corrected chi connectivity index (χ4v) is 3.44. The van der Waals surface area contributed by atoms with Gasteiger partial charge in [0.25, 0.3) is 11.8 Å². The summed E-state index contributed by atoms with van der Waals surface area (Å²) in [7, 11) is 0. The van der Waals surface area contributed by atoms with Crippen molar-refractivity contribution in [1.82, 2.24) is 4.90 Å². The van der Waals surface area contributed by atoms with Gasteiger partial charge in [-0.1, -0.05) is 6.07 Å². The van der Waals surface area contributed by atoms with Gasteiger partial charge in [0.2, 0.25) is 0 Å². The summed E-state index contributed by atoms with van der Waals surface area (Å²) in [5, 5.41) is 13.1. The second-order valence-electron chi connectivity index (χ2n) is 6.63. The van der Waals surface area contributed by atoms with Crippen LogP contribution in [-0.2, 0) is 4.79 Å². The van der Waals surface area contributed by atoms with Crippen molar-refractivity contribution in [2.75, 3.05) is 18.4 Å². The van der Waals surface area contributed by atoms with Crippen molar-refractivity contribution in [1.29, 1.82) is 0 Å². The van der Waals surface area contributed by atoms with Gasteiger partial charge in [-0.2, -0.15) is 0 Å².